The molecule has 1 amide bonds. The van der Waals surface area contributed by atoms with Gasteiger partial charge in [0.05, 0.1) is 11.7 Å². The maximum absolute atomic E-state index is 13.9. The molecule has 0 fully saturated rings. The number of halogens is 1. The molecule has 0 spiro atoms. The van der Waals surface area contributed by atoms with Gasteiger partial charge >= 0.3 is 0 Å². The van der Waals surface area contributed by atoms with Gasteiger partial charge in [-0.25, -0.2) is 4.39 Å². The van der Waals surface area contributed by atoms with Crippen LogP contribution < -0.4 is 5.32 Å². The smallest absolute Gasteiger partial charge is 0.251 e. The summed E-state index contributed by atoms with van der Waals surface area (Å²) in [4.78, 5) is 12.3. The molecular weight excluding hydrogens is 353 g/mol. The van der Waals surface area contributed by atoms with E-state index in [4.69, 9.17) is 0 Å². The third-order valence-electron chi connectivity index (χ3n) is 4.77. The van der Waals surface area contributed by atoms with Crippen LogP contribution in [-0.4, -0.2) is 22.6 Å². The number of carbonyl (C=O) groups excluding carboxylic acids is 1. The summed E-state index contributed by atoms with van der Waals surface area (Å²) in [5.74, 6) is -0.308. The van der Waals surface area contributed by atoms with Crippen molar-refractivity contribution >= 4 is 16.8 Å². The second-order valence-electron chi connectivity index (χ2n) is 6.71. The molecule has 1 aromatic heterocycles. The fourth-order valence-corrected chi connectivity index (χ4v) is 3.22. The molecule has 4 aromatic rings. The maximum Gasteiger partial charge on any atom is 0.251 e. The zero-order valence-electron chi connectivity index (χ0n) is 15.3. The summed E-state index contributed by atoms with van der Waals surface area (Å²) >= 11 is 0. The van der Waals surface area contributed by atoms with Crippen molar-refractivity contribution in [1.82, 2.24) is 15.5 Å². The number of amides is 1. The zero-order chi connectivity index (χ0) is 19.3. The molecule has 4 nitrogen and oxygen atoms in total. The molecule has 0 bridgehead atoms. The number of aromatic amines is 1. The number of hydrogen-bond acceptors (Lipinski definition) is 2. The second kappa shape index (κ2) is 8.05. The highest BCUT2D eigenvalue weighted by molar-refractivity contribution is 5.97. The van der Waals surface area contributed by atoms with Gasteiger partial charge in [0.1, 0.15) is 5.82 Å². The van der Waals surface area contributed by atoms with Crippen LogP contribution in [0, 0.1) is 5.82 Å². The molecule has 0 aliphatic heterocycles. The number of benzene rings is 3. The molecule has 1 heterocycles. The monoisotopic (exact) mass is 373 g/mol. The summed E-state index contributed by atoms with van der Waals surface area (Å²) in [5, 5.41) is 10.8. The Morgan fingerprint density at radius 2 is 1.86 bits per heavy atom. The number of carbonyl (C=O) groups is 1. The van der Waals surface area contributed by atoms with E-state index in [9.17, 15) is 9.18 Å². The lowest BCUT2D eigenvalue weighted by molar-refractivity contribution is 0.0953. The van der Waals surface area contributed by atoms with Gasteiger partial charge in [-0.05, 0) is 42.2 Å². The fraction of sp³-hybridized carbons (Fsp3) is 0.130. The van der Waals surface area contributed by atoms with Gasteiger partial charge in [0.25, 0.3) is 5.91 Å². The highest BCUT2D eigenvalue weighted by Crippen LogP contribution is 2.23. The Bertz CT molecular complexity index is 1100. The van der Waals surface area contributed by atoms with Crippen LogP contribution in [0.15, 0.2) is 72.9 Å². The van der Waals surface area contributed by atoms with Crippen LogP contribution >= 0.6 is 0 Å². The Kier molecular flexibility index (Phi) is 5.15. The van der Waals surface area contributed by atoms with Crippen LogP contribution in [0.5, 0.6) is 0 Å². The van der Waals surface area contributed by atoms with E-state index >= 15 is 0 Å². The van der Waals surface area contributed by atoms with E-state index in [0.29, 0.717) is 17.7 Å². The summed E-state index contributed by atoms with van der Waals surface area (Å²) in [6, 6.07) is 20.1. The lowest BCUT2D eigenvalue weighted by Crippen LogP contribution is -2.24. The largest absolute Gasteiger partial charge is 0.352 e. The van der Waals surface area contributed by atoms with Crippen LogP contribution in [0.4, 0.5) is 4.39 Å². The first kappa shape index (κ1) is 17.9. The number of H-pyrrole nitrogens is 1. The number of rotatable bonds is 6. The van der Waals surface area contributed by atoms with E-state index in [-0.39, 0.29) is 11.7 Å². The number of aromatic nitrogens is 2. The molecule has 0 saturated heterocycles. The molecule has 5 heteroatoms. The van der Waals surface area contributed by atoms with E-state index in [1.807, 2.05) is 36.4 Å². The molecule has 0 aliphatic rings. The van der Waals surface area contributed by atoms with Gasteiger partial charge in [-0.2, -0.15) is 5.10 Å². The van der Waals surface area contributed by atoms with Crippen LogP contribution in [-0.2, 0) is 6.42 Å². The van der Waals surface area contributed by atoms with Crippen molar-refractivity contribution in [3.05, 3.63) is 89.9 Å². The normalized spacial score (nSPS) is 10.9. The van der Waals surface area contributed by atoms with E-state index in [1.54, 1.807) is 30.5 Å². The van der Waals surface area contributed by atoms with Crippen LogP contribution in [0.25, 0.3) is 22.0 Å². The fourth-order valence-electron chi connectivity index (χ4n) is 3.22. The SMILES string of the molecule is O=C(NCCCc1ccc(-c2ccccc2F)cc1)c1ccc2cn[nH]c2c1. The predicted octanol–water partition coefficient (Wildman–Crippen LogP) is 4.73. The molecule has 0 saturated carbocycles. The van der Waals surface area contributed by atoms with Crippen LogP contribution in [0.2, 0.25) is 0 Å². The van der Waals surface area contributed by atoms with Gasteiger partial charge in [-0.15, -0.1) is 0 Å². The third kappa shape index (κ3) is 3.93. The first-order valence-electron chi connectivity index (χ1n) is 9.26. The van der Waals surface area contributed by atoms with Crippen molar-refractivity contribution in [2.24, 2.45) is 0 Å². The van der Waals surface area contributed by atoms with Gasteiger partial charge in [-0.3, -0.25) is 9.89 Å². The molecule has 3 aromatic carbocycles. The topological polar surface area (TPSA) is 57.8 Å². The molecule has 140 valence electrons. The van der Waals surface area contributed by atoms with Gasteiger partial charge in [-0.1, -0.05) is 48.5 Å². The van der Waals surface area contributed by atoms with Gasteiger partial charge in [0.2, 0.25) is 0 Å². The minimum atomic E-state index is -0.216. The van der Waals surface area contributed by atoms with Crippen molar-refractivity contribution in [2.75, 3.05) is 6.54 Å². The van der Waals surface area contributed by atoms with Gasteiger partial charge < -0.3 is 5.32 Å². The number of fused-ring (bicyclic) bond motifs is 1. The molecule has 28 heavy (non-hydrogen) atoms. The Labute approximate surface area is 162 Å². The zero-order valence-corrected chi connectivity index (χ0v) is 15.3. The average molecular weight is 373 g/mol. The Balaban J connectivity index is 1.29. The van der Waals surface area contributed by atoms with Gasteiger partial charge in [0.15, 0.2) is 0 Å². The number of nitrogens with one attached hydrogen (secondary N) is 2. The first-order valence-corrected chi connectivity index (χ1v) is 9.26. The number of nitrogens with zero attached hydrogens (tertiary/aromatic N) is 1. The first-order chi connectivity index (χ1) is 13.7. The van der Waals surface area contributed by atoms with Crippen molar-refractivity contribution < 1.29 is 9.18 Å². The lowest BCUT2D eigenvalue weighted by atomic mass is 10.0. The lowest BCUT2D eigenvalue weighted by Gasteiger charge is -2.07. The van der Waals surface area contributed by atoms with E-state index in [2.05, 4.69) is 15.5 Å². The summed E-state index contributed by atoms with van der Waals surface area (Å²) in [6.07, 6.45) is 3.41. The van der Waals surface area contributed by atoms with E-state index < -0.39 is 0 Å². The highest BCUT2D eigenvalue weighted by Gasteiger charge is 2.07. The number of hydrogen-bond donors (Lipinski definition) is 2. The maximum atomic E-state index is 13.9. The molecule has 0 unspecified atom stereocenters. The molecule has 2 N–H and O–H groups in total. The molecule has 0 aliphatic carbocycles. The summed E-state index contributed by atoms with van der Waals surface area (Å²) in [5.41, 5.74) is 4.10. The van der Waals surface area contributed by atoms with Crippen LogP contribution in [0.1, 0.15) is 22.3 Å². The minimum absolute atomic E-state index is 0.0913. The molecule has 0 atom stereocenters. The predicted molar refractivity (Wildman–Crippen MR) is 109 cm³/mol. The Hall–Kier alpha value is -3.47. The van der Waals surface area contributed by atoms with Crippen molar-refractivity contribution in [3.8, 4) is 11.1 Å². The Morgan fingerprint density at radius 3 is 2.68 bits per heavy atom. The van der Waals surface area contributed by atoms with Crippen molar-refractivity contribution in [2.45, 2.75) is 12.8 Å². The summed E-state index contributed by atoms with van der Waals surface area (Å²) in [7, 11) is 0. The summed E-state index contributed by atoms with van der Waals surface area (Å²) < 4.78 is 13.9. The molecule has 0 radical (unpaired) electrons. The van der Waals surface area contributed by atoms with E-state index in [0.717, 1.165) is 34.9 Å². The highest BCUT2D eigenvalue weighted by atomic mass is 19.1. The van der Waals surface area contributed by atoms with Crippen molar-refractivity contribution in [3.63, 3.8) is 0 Å². The molecular formula is C23H20FN3O. The minimum Gasteiger partial charge on any atom is -0.352 e. The van der Waals surface area contributed by atoms with Gasteiger partial charge in [0, 0.05) is 23.1 Å². The second-order valence-corrected chi connectivity index (χ2v) is 6.71. The van der Waals surface area contributed by atoms with Crippen molar-refractivity contribution in [1.29, 1.82) is 0 Å². The molecule has 4 rings (SSSR count). The summed E-state index contributed by atoms with van der Waals surface area (Å²) in [6.45, 7) is 0.592. The quantitative estimate of drug-likeness (QED) is 0.480. The third-order valence-corrected chi connectivity index (χ3v) is 4.77. The van der Waals surface area contributed by atoms with Crippen LogP contribution in [0.3, 0.4) is 0 Å². The standard InChI is InChI=1S/C23H20FN3O/c24-21-6-2-1-5-20(21)17-9-7-16(8-10-17)4-3-13-25-23(28)18-11-12-19-15-26-27-22(19)14-18/h1-2,5-12,14-15H,3-4,13H2,(H,25,28)(H,26,27). The number of aryl methyl sites for hydroxylation is 1. The Morgan fingerprint density at radius 1 is 1.04 bits per heavy atom. The van der Waals surface area contributed by atoms with E-state index in [1.165, 1.54) is 6.07 Å². The average Bonchev–Trinajstić information content (AvgIpc) is 3.20.